The van der Waals surface area contributed by atoms with Crippen molar-refractivity contribution < 1.29 is 19.7 Å². The molecule has 3 fully saturated rings. The van der Waals surface area contributed by atoms with Gasteiger partial charge in [-0.15, -0.1) is 0 Å². The molecule has 116 valence electrons. The Morgan fingerprint density at radius 3 is 2.45 bits per heavy atom. The number of hydrogen-bond donors (Lipinski definition) is 2. The van der Waals surface area contributed by atoms with E-state index in [0.29, 0.717) is 25.6 Å². The maximum absolute atomic E-state index is 10.6. The van der Waals surface area contributed by atoms with Crippen LogP contribution >= 0.6 is 0 Å². The van der Waals surface area contributed by atoms with Gasteiger partial charge >= 0.3 is 0 Å². The van der Waals surface area contributed by atoms with Gasteiger partial charge < -0.3 is 19.7 Å². The second-order valence-corrected chi connectivity index (χ2v) is 7.35. The molecule has 20 heavy (non-hydrogen) atoms. The zero-order valence-corrected chi connectivity index (χ0v) is 12.7. The molecule has 1 saturated heterocycles. The van der Waals surface area contributed by atoms with Crippen molar-refractivity contribution in [2.75, 3.05) is 19.8 Å². The SMILES string of the molecule is C[C@]1(CCO)C(O)CC[C@]2(C)[C@@H]1CCCC21OCCO1. The lowest BCUT2D eigenvalue weighted by molar-refractivity contribution is -0.303. The molecule has 0 radical (unpaired) electrons. The van der Waals surface area contributed by atoms with Crippen LogP contribution in [0.15, 0.2) is 0 Å². The number of hydrogen-bond acceptors (Lipinski definition) is 4. The molecule has 0 aromatic rings. The maximum Gasteiger partial charge on any atom is 0.174 e. The van der Waals surface area contributed by atoms with Crippen molar-refractivity contribution in [2.24, 2.45) is 16.7 Å². The number of ether oxygens (including phenoxy) is 2. The Morgan fingerprint density at radius 1 is 1.10 bits per heavy atom. The molecule has 3 rings (SSSR count). The molecule has 1 aliphatic heterocycles. The predicted octanol–water partition coefficient (Wildman–Crippen LogP) is 2.08. The van der Waals surface area contributed by atoms with E-state index in [4.69, 9.17) is 9.47 Å². The van der Waals surface area contributed by atoms with Crippen molar-refractivity contribution >= 4 is 0 Å². The highest BCUT2D eigenvalue weighted by atomic mass is 16.7. The lowest BCUT2D eigenvalue weighted by atomic mass is 9.47. The van der Waals surface area contributed by atoms with E-state index in [9.17, 15) is 10.2 Å². The van der Waals surface area contributed by atoms with E-state index in [0.717, 1.165) is 32.1 Å². The topological polar surface area (TPSA) is 58.9 Å². The summed E-state index contributed by atoms with van der Waals surface area (Å²) in [5.41, 5.74) is -0.282. The third-order valence-corrected chi connectivity index (χ3v) is 6.54. The van der Waals surface area contributed by atoms with Crippen molar-refractivity contribution in [3.8, 4) is 0 Å². The average Bonchev–Trinajstić information content (AvgIpc) is 2.88. The summed E-state index contributed by atoms with van der Waals surface area (Å²) in [6.45, 7) is 5.92. The highest BCUT2D eigenvalue weighted by Gasteiger charge is 2.65. The summed E-state index contributed by atoms with van der Waals surface area (Å²) in [4.78, 5) is 0. The molecule has 4 nitrogen and oxygen atoms in total. The number of aliphatic hydroxyl groups is 2. The molecule has 4 heteroatoms. The fourth-order valence-corrected chi connectivity index (χ4v) is 5.34. The van der Waals surface area contributed by atoms with Gasteiger partial charge in [0.15, 0.2) is 5.79 Å². The molecule has 1 heterocycles. The molecule has 4 atom stereocenters. The number of rotatable bonds is 2. The zero-order valence-electron chi connectivity index (χ0n) is 12.7. The molecular formula is C16H28O4. The quantitative estimate of drug-likeness (QED) is 0.815. The molecule has 0 amide bonds. The summed E-state index contributed by atoms with van der Waals surface area (Å²) in [6.07, 6.45) is 5.18. The van der Waals surface area contributed by atoms with Crippen LogP contribution < -0.4 is 0 Å². The van der Waals surface area contributed by atoms with Crippen LogP contribution in [-0.4, -0.2) is 41.9 Å². The molecule has 1 spiro atoms. The van der Waals surface area contributed by atoms with Gasteiger partial charge in [-0.1, -0.05) is 13.8 Å². The summed E-state index contributed by atoms with van der Waals surface area (Å²) < 4.78 is 12.2. The fraction of sp³-hybridized carbons (Fsp3) is 1.00. The highest BCUT2D eigenvalue weighted by molar-refractivity contribution is 5.10. The van der Waals surface area contributed by atoms with Crippen LogP contribution in [0.5, 0.6) is 0 Å². The first kappa shape index (κ1) is 14.8. The van der Waals surface area contributed by atoms with E-state index in [1.807, 2.05) is 0 Å². The minimum atomic E-state index is -0.452. The van der Waals surface area contributed by atoms with E-state index in [-0.39, 0.29) is 23.5 Å². The van der Waals surface area contributed by atoms with Crippen LogP contribution in [0.3, 0.4) is 0 Å². The third-order valence-electron chi connectivity index (χ3n) is 6.54. The summed E-state index contributed by atoms with van der Waals surface area (Å²) in [5.74, 6) is -0.106. The van der Waals surface area contributed by atoms with Gasteiger partial charge in [0.2, 0.25) is 0 Å². The lowest BCUT2D eigenvalue weighted by Crippen LogP contribution is -2.63. The second-order valence-electron chi connectivity index (χ2n) is 7.35. The van der Waals surface area contributed by atoms with Crippen molar-refractivity contribution in [1.82, 2.24) is 0 Å². The minimum absolute atomic E-state index is 0.0507. The maximum atomic E-state index is 10.6. The molecule has 0 bridgehead atoms. The Kier molecular flexibility index (Phi) is 3.65. The van der Waals surface area contributed by atoms with Crippen molar-refractivity contribution in [3.63, 3.8) is 0 Å². The van der Waals surface area contributed by atoms with Gasteiger partial charge in [-0.05, 0) is 43.4 Å². The molecule has 1 unspecified atom stereocenters. The van der Waals surface area contributed by atoms with Gasteiger partial charge in [-0.3, -0.25) is 0 Å². The summed E-state index contributed by atoms with van der Waals surface area (Å²) in [6, 6.07) is 0. The smallest absolute Gasteiger partial charge is 0.174 e. The van der Waals surface area contributed by atoms with E-state index in [2.05, 4.69) is 13.8 Å². The molecule has 2 N–H and O–H groups in total. The van der Waals surface area contributed by atoms with E-state index >= 15 is 0 Å². The Bertz CT molecular complexity index is 365. The largest absolute Gasteiger partial charge is 0.396 e. The van der Waals surface area contributed by atoms with Gasteiger partial charge in [0.1, 0.15) is 0 Å². The van der Waals surface area contributed by atoms with Crippen LogP contribution in [-0.2, 0) is 9.47 Å². The van der Waals surface area contributed by atoms with Crippen LogP contribution in [0.2, 0.25) is 0 Å². The molecule has 0 aromatic carbocycles. The number of aliphatic hydroxyl groups excluding tert-OH is 2. The van der Waals surface area contributed by atoms with Crippen LogP contribution in [0.1, 0.15) is 52.4 Å². The molecule has 0 aromatic heterocycles. The van der Waals surface area contributed by atoms with Crippen molar-refractivity contribution in [1.29, 1.82) is 0 Å². The number of fused-ring (bicyclic) bond motifs is 2. The summed E-state index contributed by atoms with van der Waals surface area (Å²) in [5, 5.41) is 20.0. The molecule has 3 aliphatic rings. The Labute approximate surface area is 121 Å². The van der Waals surface area contributed by atoms with Crippen LogP contribution in [0.25, 0.3) is 0 Å². The van der Waals surface area contributed by atoms with Gasteiger partial charge in [0.05, 0.1) is 19.3 Å². The first-order chi connectivity index (χ1) is 9.48. The van der Waals surface area contributed by atoms with Gasteiger partial charge in [0, 0.05) is 18.4 Å². The average molecular weight is 284 g/mol. The molecule has 2 saturated carbocycles. The van der Waals surface area contributed by atoms with Crippen LogP contribution in [0.4, 0.5) is 0 Å². The standard InChI is InChI=1S/C16H28O4/c1-14(8-9-17)12-4-3-6-16(19-10-11-20-16)15(12,2)7-5-13(14)18/h12-13,17-18H,3-11H2,1-2H3/t12-,13?,14-,15-/m1/s1. The van der Waals surface area contributed by atoms with Gasteiger partial charge in [-0.25, -0.2) is 0 Å². The Hall–Kier alpha value is -0.160. The third kappa shape index (κ3) is 1.81. The van der Waals surface area contributed by atoms with Gasteiger partial charge in [-0.2, -0.15) is 0 Å². The Morgan fingerprint density at radius 2 is 1.80 bits per heavy atom. The zero-order chi connectivity index (χ0) is 14.4. The lowest BCUT2D eigenvalue weighted by Gasteiger charge is -2.62. The monoisotopic (exact) mass is 284 g/mol. The second kappa shape index (κ2) is 4.94. The van der Waals surface area contributed by atoms with Crippen molar-refractivity contribution in [3.05, 3.63) is 0 Å². The van der Waals surface area contributed by atoms with Crippen LogP contribution in [0, 0.1) is 16.7 Å². The van der Waals surface area contributed by atoms with Crippen molar-refractivity contribution in [2.45, 2.75) is 64.3 Å². The summed E-state index contributed by atoms with van der Waals surface area (Å²) in [7, 11) is 0. The van der Waals surface area contributed by atoms with E-state index < -0.39 is 5.79 Å². The highest BCUT2D eigenvalue weighted by Crippen LogP contribution is 2.64. The van der Waals surface area contributed by atoms with E-state index in [1.165, 1.54) is 0 Å². The van der Waals surface area contributed by atoms with Gasteiger partial charge in [0.25, 0.3) is 0 Å². The predicted molar refractivity (Wildman–Crippen MR) is 75.1 cm³/mol. The minimum Gasteiger partial charge on any atom is -0.396 e. The molecule has 2 aliphatic carbocycles. The normalized spacial score (nSPS) is 47.4. The first-order valence-electron chi connectivity index (χ1n) is 8.05. The van der Waals surface area contributed by atoms with E-state index in [1.54, 1.807) is 0 Å². The molecular weight excluding hydrogens is 256 g/mol. The summed E-state index contributed by atoms with van der Waals surface area (Å²) >= 11 is 0. The Balaban J connectivity index is 1.98. The fourth-order valence-electron chi connectivity index (χ4n) is 5.34. The first-order valence-corrected chi connectivity index (χ1v) is 8.05.